The molecule has 27 heavy (non-hydrogen) atoms. The van der Waals surface area contributed by atoms with Crippen LogP contribution in [0.4, 0.5) is 0 Å². The Morgan fingerprint density at radius 3 is 2.37 bits per heavy atom. The lowest BCUT2D eigenvalue weighted by Crippen LogP contribution is -2.48. The number of carboxylic acids is 1. The Labute approximate surface area is 157 Å². The van der Waals surface area contributed by atoms with Gasteiger partial charge in [-0.25, -0.2) is 4.79 Å². The van der Waals surface area contributed by atoms with E-state index in [1.165, 1.54) is 4.90 Å². The lowest BCUT2D eigenvalue weighted by Gasteiger charge is -2.21. The monoisotopic (exact) mass is 387 g/mol. The number of nitrogens with one attached hydrogen (secondary N) is 4. The highest BCUT2D eigenvalue weighted by Crippen LogP contribution is 1.97. The number of carbonyl (C=O) groups excluding carboxylic acids is 3. The number of hydrogen-bond donors (Lipinski definition) is 7. The summed E-state index contributed by atoms with van der Waals surface area (Å²) in [6, 6.07) is -1.13. The van der Waals surface area contributed by atoms with E-state index in [4.69, 9.17) is 22.0 Å². The predicted molar refractivity (Wildman–Crippen MR) is 97.7 cm³/mol. The zero-order chi connectivity index (χ0) is 20.8. The average molecular weight is 387 g/mol. The second-order valence-electron chi connectivity index (χ2n) is 5.74. The average Bonchev–Trinajstić information content (AvgIpc) is 2.61. The zero-order valence-corrected chi connectivity index (χ0v) is 15.4. The molecule has 0 aromatic heterocycles. The van der Waals surface area contributed by atoms with Gasteiger partial charge in [0.2, 0.25) is 17.7 Å². The summed E-state index contributed by atoms with van der Waals surface area (Å²) in [5.41, 5.74) is 10.4. The van der Waals surface area contributed by atoms with Gasteiger partial charge in [-0.2, -0.15) is 0 Å². The summed E-state index contributed by atoms with van der Waals surface area (Å²) >= 11 is 0. The second-order valence-corrected chi connectivity index (χ2v) is 5.74. The molecule has 0 radical (unpaired) electrons. The molecular formula is C15H29N7O5. The number of amides is 3. The van der Waals surface area contributed by atoms with E-state index in [2.05, 4.69) is 16.0 Å². The van der Waals surface area contributed by atoms with Gasteiger partial charge in [-0.15, -0.1) is 0 Å². The van der Waals surface area contributed by atoms with Crippen LogP contribution >= 0.6 is 0 Å². The van der Waals surface area contributed by atoms with Crippen molar-refractivity contribution in [2.24, 2.45) is 11.5 Å². The molecule has 0 fully saturated rings. The van der Waals surface area contributed by atoms with Crippen molar-refractivity contribution in [3.63, 3.8) is 0 Å². The van der Waals surface area contributed by atoms with E-state index in [1.807, 2.05) is 6.92 Å². The molecule has 0 aromatic carbocycles. The lowest BCUT2D eigenvalue weighted by molar-refractivity contribution is -0.142. The molecule has 12 heteroatoms. The minimum Gasteiger partial charge on any atom is -0.480 e. The molecule has 3 amide bonds. The van der Waals surface area contributed by atoms with E-state index in [0.717, 1.165) is 0 Å². The topological polar surface area (TPSA) is 204 Å². The lowest BCUT2D eigenvalue weighted by atomic mass is 10.1. The number of nitrogens with two attached hydrogens (primary N) is 2. The van der Waals surface area contributed by atoms with Crippen molar-refractivity contribution in [2.45, 2.75) is 32.2 Å². The molecule has 1 atom stereocenters. The van der Waals surface area contributed by atoms with E-state index >= 15 is 0 Å². The highest BCUT2D eigenvalue weighted by atomic mass is 16.4. The molecule has 0 heterocycles. The van der Waals surface area contributed by atoms with Gasteiger partial charge in [-0.3, -0.25) is 19.8 Å². The van der Waals surface area contributed by atoms with Gasteiger partial charge in [0.05, 0.1) is 19.6 Å². The summed E-state index contributed by atoms with van der Waals surface area (Å²) in [5, 5.41) is 23.3. The third-order valence-corrected chi connectivity index (χ3v) is 3.42. The van der Waals surface area contributed by atoms with Crippen molar-refractivity contribution in [3.05, 3.63) is 0 Å². The summed E-state index contributed by atoms with van der Waals surface area (Å²) in [7, 11) is 0. The zero-order valence-electron chi connectivity index (χ0n) is 15.4. The van der Waals surface area contributed by atoms with Gasteiger partial charge < -0.3 is 37.4 Å². The highest BCUT2D eigenvalue weighted by Gasteiger charge is 2.20. The molecular weight excluding hydrogens is 358 g/mol. The Hall–Kier alpha value is -2.89. The SMILES string of the molecule is CCCN(CC(=O)NCC(=O)N[C@@H](CCCNC(=N)N)C(=O)O)C(=O)CN. The summed E-state index contributed by atoms with van der Waals surface area (Å²) < 4.78 is 0. The van der Waals surface area contributed by atoms with Crippen molar-refractivity contribution in [2.75, 3.05) is 32.7 Å². The number of rotatable bonds is 13. The molecule has 0 saturated carbocycles. The van der Waals surface area contributed by atoms with Crippen molar-refractivity contribution in [1.29, 1.82) is 5.41 Å². The largest absolute Gasteiger partial charge is 0.480 e. The van der Waals surface area contributed by atoms with Crippen LogP contribution in [-0.2, 0) is 19.2 Å². The maximum Gasteiger partial charge on any atom is 0.326 e. The quantitative estimate of drug-likeness (QED) is 0.0991. The van der Waals surface area contributed by atoms with Crippen LogP contribution in [0.25, 0.3) is 0 Å². The minimum atomic E-state index is -1.21. The summed E-state index contributed by atoms with van der Waals surface area (Å²) in [6.45, 7) is 1.66. The highest BCUT2D eigenvalue weighted by molar-refractivity contribution is 5.90. The van der Waals surface area contributed by atoms with E-state index in [0.29, 0.717) is 25.9 Å². The normalized spacial score (nSPS) is 11.2. The molecule has 9 N–H and O–H groups in total. The molecule has 0 unspecified atom stereocenters. The molecule has 0 aromatic rings. The molecule has 0 bridgehead atoms. The number of carbonyl (C=O) groups is 4. The van der Waals surface area contributed by atoms with Crippen LogP contribution in [0, 0.1) is 5.41 Å². The molecule has 0 rings (SSSR count). The van der Waals surface area contributed by atoms with Crippen molar-refractivity contribution in [1.82, 2.24) is 20.9 Å². The van der Waals surface area contributed by atoms with E-state index in [1.54, 1.807) is 0 Å². The molecule has 154 valence electrons. The van der Waals surface area contributed by atoms with Crippen LogP contribution in [-0.4, -0.2) is 78.4 Å². The third kappa shape index (κ3) is 11.4. The molecule has 0 spiro atoms. The molecule has 0 aliphatic carbocycles. The van der Waals surface area contributed by atoms with Crippen LogP contribution in [0.15, 0.2) is 0 Å². The first-order chi connectivity index (χ1) is 12.7. The van der Waals surface area contributed by atoms with Gasteiger partial charge in [-0.1, -0.05) is 6.92 Å². The fraction of sp³-hybridized carbons (Fsp3) is 0.667. The molecule has 12 nitrogen and oxygen atoms in total. The minimum absolute atomic E-state index is 0.130. The molecule has 0 aliphatic rings. The Morgan fingerprint density at radius 1 is 1.19 bits per heavy atom. The molecule has 0 aliphatic heterocycles. The Kier molecular flexibility index (Phi) is 11.9. The van der Waals surface area contributed by atoms with Crippen molar-refractivity contribution in [3.8, 4) is 0 Å². The Bertz CT molecular complexity index is 541. The van der Waals surface area contributed by atoms with Crippen molar-refractivity contribution < 1.29 is 24.3 Å². The predicted octanol–water partition coefficient (Wildman–Crippen LogP) is -2.87. The molecule has 0 saturated heterocycles. The smallest absolute Gasteiger partial charge is 0.326 e. The van der Waals surface area contributed by atoms with E-state index < -0.39 is 30.4 Å². The standard InChI is InChI=1S/C15H29N7O5/c1-2-6-22(13(25)7-16)9-12(24)20-8-11(23)21-10(14(26)27)4-3-5-19-15(17)18/h10H,2-9,16H2,1H3,(H,20,24)(H,21,23)(H,26,27)(H4,17,18,19)/t10-/m0/s1. The first-order valence-corrected chi connectivity index (χ1v) is 8.55. The van der Waals surface area contributed by atoms with Crippen LogP contribution in [0.3, 0.4) is 0 Å². The number of hydrogen-bond acceptors (Lipinski definition) is 6. The van der Waals surface area contributed by atoms with Gasteiger partial charge in [0.1, 0.15) is 6.04 Å². The van der Waals surface area contributed by atoms with Gasteiger partial charge in [0, 0.05) is 13.1 Å². The van der Waals surface area contributed by atoms with E-state index in [-0.39, 0.29) is 31.4 Å². The van der Waals surface area contributed by atoms with Crippen LogP contribution in [0.2, 0.25) is 0 Å². The van der Waals surface area contributed by atoms with Crippen LogP contribution in [0.1, 0.15) is 26.2 Å². The summed E-state index contributed by atoms with van der Waals surface area (Å²) in [6.07, 6.45) is 1.15. The maximum absolute atomic E-state index is 11.9. The maximum atomic E-state index is 11.9. The van der Waals surface area contributed by atoms with Crippen LogP contribution < -0.4 is 27.4 Å². The summed E-state index contributed by atoms with van der Waals surface area (Å²) in [5.74, 6) is -3.01. The van der Waals surface area contributed by atoms with E-state index in [9.17, 15) is 19.2 Å². The van der Waals surface area contributed by atoms with Crippen LogP contribution in [0.5, 0.6) is 0 Å². The number of carboxylic acid groups (broad SMARTS) is 1. The number of nitrogens with zero attached hydrogens (tertiary/aromatic N) is 1. The fourth-order valence-electron chi connectivity index (χ4n) is 2.13. The first kappa shape index (κ1) is 24.1. The number of aliphatic carboxylic acids is 1. The summed E-state index contributed by atoms with van der Waals surface area (Å²) in [4.78, 5) is 47.8. The third-order valence-electron chi connectivity index (χ3n) is 3.42. The van der Waals surface area contributed by atoms with Gasteiger partial charge >= 0.3 is 5.97 Å². The van der Waals surface area contributed by atoms with Gasteiger partial charge in [-0.05, 0) is 19.3 Å². The van der Waals surface area contributed by atoms with Gasteiger partial charge in [0.15, 0.2) is 5.96 Å². The van der Waals surface area contributed by atoms with Crippen molar-refractivity contribution >= 4 is 29.7 Å². The second kappa shape index (κ2) is 13.3. The van der Waals surface area contributed by atoms with Gasteiger partial charge in [0.25, 0.3) is 0 Å². The first-order valence-electron chi connectivity index (χ1n) is 8.55. The Balaban J connectivity index is 4.36. The number of guanidine groups is 1. The Morgan fingerprint density at radius 2 is 1.85 bits per heavy atom. The fourth-order valence-corrected chi connectivity index (χ4v) is 2.13.